The van der Waals surface area contributed by atoms with Crippen molar-refractivity contribution in [3.05, 3.63) is 0 Å². The van der Waals surface area contributed by atoms with Crippen molar-refractivity contribution in [3.8, 4) is 0 Å². The van der Waals surface area contributed by atoms with Gasteiger partial charge in [-0.2, -0.15) is 0 Å². The summed E-state index contributed by atoms with van der Waals surface area (Å²) < 4.78 is 0. The molecule has 2 aliphatic rings. The number of hydrogen-bond acceptors (Lipinski definition) is 2. The highest BCUT2D eigenvalue weighted by molar-refractivity contribution is 4.84. The predicted molar refractivity (Wildman–Crippen MR) is 78.9 cm³/mol. The van der Waals surface area contributed by atoms with Crippen molar-refractivity contribution < 1.29 is 0 Å². The van der Waals surface area contributed by atoms with Gasteiger partial charge in [0.25, 0.3) is 0 Å². The van der Waals surface area contributed by atoms with Gasteiger partial charge < -0.3 is 10.2 Å². The summed E-state index contributed by atoms with van der Waals surface area (Å²) in [7, 11) is 0. The topological polar surface area (TPSA) is 15.3 Å². The Morgan fingerprint density at radius 1 is 1.06 bits per heavy atom. The number of rotatable bonds is 8. The maximum Gasteiger partial charge on any atom is 0.00964 e. The van der Waals surface area contributed by atoms with Crippen molar-refractivity contribution in [3.63, 3.8) is 0 Å². The minimum Gasteiger partial charge on any atom is -0.317 e. The van der Waals surface area contributed by atoms with Crippen LogP contribution >= 0.6 is 0 Å². The Balaban J connectivity index is 1.59. The van der Waals surface area contributed by atoms with E-state index in [0.717, 1.165) is 17.9 Å². The van der Waals surface area contributed by atoms with Gasteiger partial charge in [-0.3, -0.25) is 0 Å². The fraction of sp³-hybridized carbons (Fsp3) is 1.00. The molecule has 0 unspecified atom stereocenters. The van der Waals surface area contributed by atoms with Crippen LogP contribution < -0.4 is 5.32 Å². The van der Waals surface area contributed by atoms with Crippen LogP contribution in [0.4, 0.5) is 0 Å². The van der Waals surface area contributed by atoms with Gasteiger partial charge in [0, 0.05) is 6.04 Å². The van der Waals surface area contributed by atoms with Crippen LogP contribution in [0.5, 0.6) is 0 Å². The lowest BCUT2D eigenvalue weighted by Crippen LogP contribution is -2.31. The molecule has 1 saturated carbocycles. The normalized spacial score (nSPS) is 22.0. The molecule has 2 fully saturated rings. The van der Waals surface area contributed by atoms with E-state index in [1.807, 2.05) is 0 Å². The molecule has 1 N–H and O–H groups in total. The van der Waals surface area contributed by atoms with E-state index in [2.05, 4.69) is 24.1 Å². The zero-order chi connectivity index (χ0) is 12.8. The lowest BCUT2D eigenvalue weighted by atomic mass is 9.93. The van der Waals surface area contributed by atoms with Crippen LogP contribution in [0.3, 0.4) is 0 Å². The first-order chi connectivity index (χ1) is 8.75. The van der Waals surface area contributed by atoms with E-state index in [9.17, 15) is 0 Å². The van der Waals surface area contributed by atoms with Gasteiger partial charge in [0.05, 0.1) is 0 Å². The van der Waals surface area contributed by atoms with Crippen molar-refractivity contribution >= 4 is 0 Å². The first kappa shape index (κ1) is 14.3. The molecule has 1 aliphatic heterocycles. The summed E-state index contributed by atoms with van der Waals surface area (Å²) in [5.74, 6) is 1.87. The van der Waals surface area contributed by atoms with E-state index in [0.29, 0.717) is 0 Å². The highest BCUT2D eigenvalue weighted by atomic mass is 15.2. The summed E-state index contributed by atoms with van der Waals surface area (Å²) in [5.41, 5.74) is 0. The van der Waals surface area contributed by atoms with Gasteiger partial charge in [0.1, 0.15) is 0 Å². The minimum atomic E-state index is 0.857. The number of piperidine rings is 1. The van der Waals surface area contributed by atoms with Crippen LogP contribution in [0.25, 0.3) is 0 Å². The van der Waals surface area contributed by atoms with E-state index in [1.165, 1.54) is 71.1 Å². The maximum atomic E-state index is 3.46. The van der Waals surface area contributed by atoms with Gasteiger partial charge in [0.2, 0.25) is 0 Å². The third-order valence-electron chi connectivity index (χ3n) is 4.57. The number of nitrogens with zero attached hydrogens (tertiary/aromatic N) is 1. The SMILES string of the molecule is CC(C)CCN(CCCC1CCNCC1)C1CC1. The molecule has 2 nitrogen and oxygen atoms in total. The molecule has 1 saturated heterocycles. The first-order valence-electron chi connectivity index (χ1n) is 8.20. The molecule has 2 heteroatoms. The molecule has 0 aromatic carbocycles. The molecule has 0 spiro atoms. The fourth-order valence-electron chi connectivity index (χ4n) is 3.09. The molecule has 18 heavy (non-hydrogen) atoms. The van der Waals surface area contributed by atoms with Crippen molar-refractivity contribution in [2.24, 2.45) is 11.8 Å². The molecule has 1 aliphatic carbocycles. The second-order valence-corrected chi connectivity index (χ2v) is 6.79. The highest BCUT2D eigenvalue weighted by Gasteiger charge is 2.28. The predicted octanol–water partition coefficient (Wildman–Crippen LogP) is 3.28. The summed E-state index contributed by atoms with van der Waals surface area (Å²) in [6.45, 7) is 9.91. The molecule has 0 bridgehead atoms. The average Bonchev–Trinajstić information content (AvgIpc) is 3.19. The van der Waals surface area contributed by atoms with E-state index < -0.39 is 0 Å². The summed E-state index contributed by atoms with van der Waals surface area (Å²) in [5, 5.41) is 3.46. The lowest BCUT2D eigenvalue weighted by Gasteiger charge is -2.26. The third kappa shape index (κ3) is 5.27. The zero-order valence-corrected chi connectivity index (χ0v) is 12.5. The Bertz CT molecular complexity index is 217. The molecular weight excluding hydrogens is 220 g/mol. The van der Waals surface area contributed by atoms with Gasteiger partial charge in [-0.25, -0.2) is 0 Å². The Labute approximate surface area is 114 Å². The lowest BCUT2D eigenvalue weighted by molar-refractivity contribution is 0.231. The summed E-state index contributed by atoms with van der Waals surface area (Å²) in [4.78, 5) is 2.78. The maximum absolute atomic E-state index is 3.46. The Kier molecular flexibility index (Phi) is 5.97. The van der Waals surface area contributed by atoms with Gasteiger partial charge in [-0.05, 0) is 83.0 Å². The molecule has 2 rings (SSSR count). The van der Waals surface area contributed by atoms with Crippen molar-refractivity contribution in [1.82, 2.24) is 10.2 Å². The van der Waals surface area contributed by atoms with Crippen LogP contribution in [-0.2, 0) is 0 Å². The van der Waals surface area contributed by atoms with Crippen LogP contribution in [0.1, 0.15) is 58.8 Å². The molecule has 0 aromatic heterocycles. The van der Waals surface area contributed by atoms with Crippen LogP contribution in [0.15, 0.2) is 0 Å². The molecule has 0 radical (unpaired) electrons. The van der Waals surface area contributed by atoms with Crippen molar-refractivity contribution in [2.45, 2.75) is 64.8 Å². The third-order valence-corrected chi connectivity index (χ3v) is 4.57. The fourth-order valence-corrected chi connectivity index (χ4v) is 3.09. The number of hydrogen-bond donors (Lipinski definition) is 1. The zero-order valence-electron chi connectivity index (χ0n) is 12.5. The molecular formula is C16H32N2. The highest BCUT2D eigenvalue weighted by Crippen LogP contribution is 2.28. The van der Waals surface area contributed by atoms with Crippen molar-refractivity contribution in [1.29, 1.82) is 0 Å². The van der Waals surface area contributed by atoms with E-state index >= 15 is 0 Å². The van der Waals surface area contributed by atoms with Crippen molar-refractivity contribution in [2.75, 3.05) is 26.2 Å². The second-order valence-electron chi connectivity index (χ2n) is 6.79. The first-order valence-corrected chi connectivity index (χ1v) is 8.20. The molecule has 1 heterocycles. The van der Waals surface area contributed by atoms with Crippen LogP contribution in [0, 0.1) is 11.8 Å². The minimum absolute atomic E-state index is 0.857. The van der Waals surface area contributed by atoms with Gasteiger partial charge >= 0.3 is 0 Å². The van der Waals surface area contributed by atoms with Gasteiger partial charge in [0.15, 0.2) is 0 Å². The van der Waals surface area contributed by atoms with E-state index in [4.69, 9.17) is 0 Å². The van der Waals surface area contributed by atoms with Gasteiger partial charge in [-0.1, -0.05) is 13.8 Å². The van der Waals surface area contributed by atoms with Crippen LogP contribution in [0.2, 0.25) is 0 Å². The molecule has 106 valence electrons. The largest absolute Gasteiger partial charge is 0.317 e. The summed E-state index contributed by atoms with van der Waals surface area (Å²) >= 11 is 0. The summed E-state index contributed by atoms with van der Waals surface area (Å²) in [6, 6.07) is 0.955. The number of nitrogens with one attached hydrogen (secondary N) is 1. The standard InChI is InChI=1S/C16H32N2/c1-14(2)9-13-18(16-5-6-16)12-3-4-15-7-10-17-11-8-15/h14-17H,3-13H2,1-2H3. The average molecular weight is 252 g/mol. The Morgan fingerprint density at radius 2 is 1.78 bits per heavy atom. The monoisotopic (exact) mass is 252 g/mol. The Morgan fingerprint density at radius 3 is 2.39 bits per heavy atom. The molecule has 0 aromatic rings. The summed E-state index contributed by atoms with van der Waals surface area (Å²) in [6.07, 6.45) is 10.0. The smallest absolute Gasteiger partial charge is 0.00964 e. The second kappa shape index (κ2) is 7.49. The molecule has 0 atom stereocenters. The Hall–Kier alpha value is -0.0800. The van der Waals surface area contributed by atoms with E-state index in [1.54, 1.807) is 0 Å². The quantitative estimate of drug-likeness (QED) is 0.713. The molecule has 0 amide bonds. The van der Waals surface area contributed by atoms with E-state index in [-0.39, 0.29) is 0 Å². The van der Waals surface area contributed by atoms with Gasteiger partial charge in [-0.15, -0.1) is 0 Å². The van der Waals surface area contributed by atoms with Crippen LogP contribution in [-0.4, -0.2) is 37.1 Å².